The molecule has 0 heterocycles. The first kappa shape index (κ1) is 22.8. The maximum absolute atomic E-state index is 11.0. The van der Waals surface area contributed by atoms with Crippen molar-refractivity contribution in [2.24, 2.45) is 5.10 Å². The Morgan fingerprint density at radius 2 is 1.72 bits per heavy atom. The van der Waals surface area contributed by atoms with Gasteiger partial charge in [-0.25, -0.2) is 0 Å². The lowest BCUT2D eigenvalue weighted by Gasteiger charge is -2.06. The Bertz CT molecular complexity index is 944. The zero-order chi connectivity index (χ0) is 22.1. The van der Waals surface area contributed by atoms with Crippen molar-refractivity contribution >= 4 is 29.2 Å². The number of nitrogens with one attached hydrogen (secondary N) is 1. The Balaban J connectivity index is 0.000000749. The summed E-state index contributed by atoms with van der Waals surface area (Å²) < 4.78 is 0. The normalized spacial score (nSPS) is 10.4. The van der Waals surface area contributed by atoms with Gasteiger partial charge in [0.1, 0.15) is 17.2 Å². The summed E-state index contributed by atoms with van der Waals surface area (Å²) in [7, 11) is 3.38. The minimum absolute atomic E-state index is 0.0387. The Morgan fingerprint density at radius 3 is 2.21 bits per heavy atom. The number of carbonyl (C=O) groups is 1. The van der Waals surface area contributed by atoms with Gasteiger partial charge in [0.2, 0.25) is 6.41 Å². The SMILES string of the molecule is C/C(=N\Nc1ccc([N+](=O)[O-])cc1[N+](=O)[O-])c1ccc(O)cc1O.CN(C)C=O. The van der Waals surface area contributed by atoms with E-state index in [4.69, 9.17) is 0 Å². The molecule has 29 heavy (non-hydrogen) atoms. The molecule has 154 valence electrons. The summed E-state index contributed by atoms with van der Waals surface area (Å²) in [5.74, 6) is -0.334. The molecule has 12 heteroatoms. The van der Waals surface area contributed by atoms with E-state index in [0.29, 0.717) is 11.3 Å². The molecule has 0 saturated carbocycles. The highest BCUT2D eigenvalue weighted by Gasteiger charge is 2.19. The standard InChI is InChI=1S/C14H12N4O6.C3H7NO/c1-8(11-4-3-10(19)7-14(11)20)15-16-12-5-2-9(17(21)22)6-13(12)18(23)24;1-4(2)3-5/h2-7,16,19-20H,1H3;3H,1-2H3/b15-8+;. The van der Waals surface area contributed by atoms with Gasteiger partial charge in [-0.3, -0.25) is 30.4 Å². The number of carbonyl (C=O) groups excluding carboxylic acids is 1. The van der Waals surface area contributed by atoms with E-state index in [2.05, 4.69) is 10.5 Å². The summed E-state index contributed by atoms with van der Waals surface area (Å²) in [6.45, 7) is 1.54. The molecule has 0 saturated heterocycles. The Morgan fingerprint density at radius 1 is 1.10 bits per heavy atom. The van der Waals surface area contributed by atoms with Crippen molar-refractivity contribution in [3.63, 3.8) is 0 Å². The Hall–Kier alpha value is -4.22. The highest BCUT2D eigenvalue weighted by atomic mass is 16.6. The molecule has 2 rings (SSSR count). The molecule has 12 nitrogen and oxygen atoms in total. The summed E-state index contributed by atoms with van der Waals surface area (Å²) in [6.07, 6.45) is 0.750. The summed E-state index contributed by atoms with van der Waals surface area (Å²) in [5.41, 5.74) is 2.10. The van der Waals surface area contributed by atoms with Crippen molar-refractivity contribution in [1.82, 2.24) is 4.90 Å². The minimum Gasteiger partial charge on any atom is -0.508 e. The molecule has 0 fully saturated rings. The van der Waals surface area contributed by atoms with Crippen molar-refractivity contribution in [1.29, 1.82) is 0 Å². The van der Waals surface area contributed by atoms with Gasteiger partial charge in [-0.1, -0.05) is 0 Å². The smallest absolute Gasteiger partial charge is 0.301 e. The molecule has 0 atom stereocenters. The van der Waals surface area contributed by atoms with Crippen LogP contribution in [-0.4, -0.2) is 51.2 Å². The van der Waals surface area contributed by atoms with Gasteiger partial charge in [-0.2, -0.15) is 5.10 Å². The second-order valence-corrected chi connectivity index (χ2v) is 5.80. The van der Waals surface area contributed by atoms with Crippen LogP contribution in [0.5, 0.6) is 11.5 Å². The van der Waals surface area contributed by atoms with Crippen LogP contribution in [0, 0.1) is 20.2 Å². The number of hydrogen-bond donors (Lipinski definition) is 3. The molecule has 0 radical (unpaired) electrons. The summed E-state index contributed by atoms with van der Waals surface area (Å²) >= 11 is 0. The van der Waals surface area contributed by atoms with Gasteiger partial charge in [0, 0.05) is 31.8 Å². The van der Waals surface area contributed by atoms with Crippen LogP contribution >= 0.6 is 0 Å². The highest BCUT2D eigenvalue weighted by Crippen LogP contribution is 2.29. The fourth-order valence-electron chi connectivity index (χ4n) is 1.91. The maximum Gasteiger partial charge on any atom is 0.301 e. The van der Waals surface area contributed by atoms with Gasteiger partial charge in [-0.15, -0.1) is 0 Å². The molecular formula is C17H19N5O7. The molecular weight excluding hydrogens is 386 g/mol. The summed E-state index contributed by atoms with van der Waals surface area (Å²) in [4.78, 5) is 31.1. The van der Waals surface area contributed by atoms with Crippen LogP contribution in [0.4, 0.5) is 17.1 Å². The van der Waals surface area contributed by atoms with E-state index in [9.17, 15) is 35.2 Å². The van der Waals surface area contributed by atoms with Gasteiger partial charge in [0.15, 0.2) is 0 Å². The molecule has 0 aliphatic carbocycles. The van der Waals surface area contributed by atoms with Gasteiger partial charge < -0.3 is 15.1 Å². The van der Waals surface area contributed by atoms with Crippen LogP contribution in [0.1, 0.15) is 12.5 Å². The molecule has 1 amide bonds. The minimum atomic E-state index is -0.766. The second kappa shape index (κ2) is 10.2. The van der Waals surface area contributed by atoms with Crippen LogP contribution in [0.25, 0.3) is 0 Å². The van der Waals surface area contributed by atoms with E-state index in [0.717, 1.165) is 24.6 Å². The van der Waals surface area contributed by atoms with Crippen molar-refractivity contribution < 1.29 is 24.9 Å². The lowest BCUT2D eigenvalue weighted by molar-refractivity contribution is -0.393. The first-order valence-corrected chi connectivity index (χ1v) is 7.94. The largest absolute Gasteiger partial charge is 0.508 e. The number of amides is 1. The third-order valence-electron chi connectivity index (χ3n) is 3.31. The van der Waals surface area contributed by atoms with E-state index in [1.165, 1.54) is 30.0 Å². The number of non-ortho nitro benzene ring substituents is 1. The van der Waals surface area contributed by atoms with E-state index < -0.39 is 21.2 Å². The average molecular weight is 405 g/mol. The highest BCUT2D eigenvalue weighted by molar-refractivity contribution is 6.01. The molecule has 0 aromatic heterocycles. The first-order chi connectivity index (χ1) is 13.6. The first-order valence-electron chi connectivity index (χ1n) is 7.94. The predicted octanol–water partition coefficient (Wildman–Crippen LogP) is 2.45. The molecule has 0 bridgehead atoms. The monoisotopic (exact) mass is 405 g/mol. The number of aromatic hydroxyl groups is 2. The zero-order valence-corrected chi connectivity index (χ0v) is 15.8. The predicted molar refractivity (Wildman–Crippen MR) is 105 cm³/mol. The van der Waals surface area contributed by atoms with Crippen LogP contribution in [0.2, 0.25) is 0 Å². The third kappa shape index (κ3) is 6.78. The number of phenols is 2. The zero-order valence-electron chi connectivity index (χ0n) is 15.8. The average Bonchev–Trinajstić information content (AvgIpc) is 2.66. The number of nitrogens with zero attached hydrogens (tertiary/aromatic N) is 4. The molecule has 0 aliphatic rings. The van der Waals surface area contributed by atoms with Gasteiger partial charge in [-0.05, 0) is 25.1 Å². The number of nitro groups is 2. The molecule has 3 N–H and O–H groups in total. The number of nitro benzene ring substituents is 2. The maximum atomic E-state index is 11.0. The van der Waals surface area contributed by atoms with Gasteiger partial charge in [0.25, 0.3) is 5.69 Å². The quantitative estimate of drug-likeness (QED) is 0.284. The third-order valence-corrected chi connectivity index (χ3v) is 3.31. The van der Waals surface area contributed by atoms with Gasteiger partial charge in [0.05, 0.1) is 21.6 Å². The van der Waals surface area contributed by atoms with E-state index >= 15 is 0 Å². The van der Waals surface area contributed by atoms with Crippen LogP contribution in [-0.2, 0) is 4.79 Å². The molecule has 2 aromatic carbocycles. The number of anilines is 1. The Labute approximate surface area is 165 Å². The number of rotatable bonds is 6. The lowest BCUT2D eigenvalue weighted by Crippen LogP contribution is -2.06. The molecule has 2 aromatic rings. The van der Waals surface area contributed by atoms with Crippen LogP contribution < -0.4 is 5.43 Å². The number of benzene rings is 2. The van der Waals surface area contributed by atoms with Crippen LogP contribution in [0.3, 0.4) is 0 Å². The van der Waals surface area contributed by atoms with Crippen LogP contribution in [0.15, 0.2) is 41.5 Å². The van der Waals surface area contributed by atoms with Crippen molar-refractivity contribution in [3.8, 4) is 11.5 Å². The number of hydrazone groups is 1. The molecule has 0 unspecified atom stereocenters. The van der Waals surface area contributed by atoms with Crippen molar-refractivity contribution in [2.45, 2.75) is 6.92 Å². The van der Waals surface area contributed by atoms with Gasteiger partial charge >= 0.3 is 5.69 Å². The topological polar surface area (TPSA) is 171 Å². The number of hydrogen-bond acceptors (Lipinski definition) is 9. The Kier molecular flexibility index (Phi) is 8.03. The van der Waals surface area contributed by atoms with E-state index in [1.807, 2.05) is 0 Å². The fourth-order valence-corrected chi connectivity index (χ4v) is 1.91. The molecule has 0 aliphatic heterocycles. The summed E-state index contributed by atoms with van der Waals surface area (Å²) in [5, 5.41) is 44.6. The van der Waals surface area contributed by atoms with E-state index in [1.54, 1.807) is 14.1 Å². The van der Waals surface area contributed by atoms with E-state index in [-0.39, 0.29) is 17.2 Å². The number of phenolic OH excluding ortho intramolecular Hbond substituents is 2. The lowest BCUT2D eigenvalue weighted by atomic mass is 10.1. The molecule has 0 spiro atoms. The fraction of sp³-hybridized carbons (Fsp3) is 0.176. The second-order valence-electron chi connectivity index (χ2n) is 5.80. The summed E-state index contributed by atoms with van der Waals surface area (Å²) in [6, 6.07) is 7.01. The van der Waals surface area contributed by atoms with Crippen molar-refractivity contribution in [3.05, 3.63) is 62.2 Å². The van der Waals surface area contributed by atoms with Crippen molar-refractivity contribution in [2.75, 3.05) is 19.5 Å².